The highest BCUT2D eigenvalue weighted by Crippen LogP contribution is 2.17. The van der Waals surface area contributed by atoms with E-state index in [4.69, 9.17) is 9.84 Å². The Morgan fingerprint density at radius 1 is 1.67 bits per heavy atom. The lowest BCUT2D eigenvalue weighted by Crippen LogP contribution is -2.02. The van der Waals surface area contributed by atoms with Crippen molar-refractivity contribution in [2.75, 3.05) is 7.11 Å². The van der Waals surface area contributed by atoms with Crippen LogP contribution in [-0.2, 0) is 0 Å². The number of carboxylic acids is 1. The van der Waals surface area contributed by atoms with E-state index in [-0.39, 0.29) is 5.69 Å². The van der Waals surface area contributed by atoms with Crippen molar-refractivity contribution in [2.24, 2.45) is 0 Å². The second-order valence-corrected chi connectivity index (χ2v) is 3.02. The van der Waals surface area contributed by atoms with Gasteiger partial charge in [0.05, 0.1) is 7.11 Å². The SMILES string of the molecule is COc1ccc(C(=O)O)nc1I. The Morgan fingerprint density at radius 3 is 2.75 bits per heavy atom. The summed E-state index contributed by atoms with van der Waals surface area (Å²) in [5, 5.41) is 8.57. The maximum atomic E-state index is 10.4. The standard InChI is InChI=1S/C7H6INO3/c1-12-5-3-2-4(7(10)11)9-6(5)8/h2-3H,1H3,(H,10,11). The van der Waals surface area contributed by atoms with E-state index in [0.29, 0.717) is 9.45 Å². The smallest absolute Gasteiger partial charge is 0.354 e. The molecule has 0 amide bonds. The number of methoxy groups -OCH3 is 1. The topological polar surface area (TPSA) is 59.4 Å². The molecule has 0 spiro atoms. The summed E-state index contributed by atoms with van der Waals surface area (Å²) in [5.41, 5.74) is 0.0280. The first-order chi connectivity index (χ1) is 5.65. The van der Waals surface area contributed by atoms with Gasteiger partial charge in [0.15, 0.2) is 5.75 Å². The number of nitrogens with zero attached hydrogens (tertiary/aromatic N) is 1. The molecule has 12 heavy (non-hydrogen) atoms. The lowest BCUT2D eigenvalue weighted by molar-refractivity contribution is 0.0690. The molecule has 0 fully saturated rings. The predicted molar refractivity (Wildman–Crippen MR) is 50.5 cm³/mol. The second kappa shape index (κ2) is 3.70. The summed E-state index contributed by atoms with van der Waals surface area (Å²) >= 11 is 1.92. The maximum absolute atomic E-state index is 10.4. The van der Waals surface area contributed by atoms with E-state index in [9.17, 15) is 4.79 Å². The molecule has 0 aliphatic rings. The number of aromatic carboxylic acids is 1. The molecule has 1 heterocycles. The number of pyridine rings is 1. The fourth-order valence-electron chi connectivity index (χ4n) is 0.693. The summed E-state index contributed by atoms with van der Waals surface area (Å²) in [5.74, 6) is -0.448. The minimum atomic E-state index is -1.03. The third kappa shape index (κ3) is 1.84. The van der Waals surface area contributed by atoms with Gasteiger partial charge >= 0.3 is 5.97 Å². The Labute approximate surface area is 82.7 Å². The number of hydrogen-bond acceptors (Lipinski definition) is 3. The zero-order valence-electron chi connectivity index (χ0n) is 6.24. The molecule has 1 aromatic rings. The number of rotatable bonds is 2. The number of ether oxygens (including phenoxy) is 1. The maximum Gasteiger partial charge on any atom is 0.354 e. The van der Waals surface area contributed by atoms with Gasteiger partial charge in [-0.3, -0.25) is 0 Å². The van der Waals surface area contributed by atoms with Gasteiger partial charge in [0, 0.05) is 0 Å². The third-order valence-electron chi connectivity index (χ3n) is 1.25. The summed E-state index contributed by atoms with van der Waals surface area (Å²) < 4.78 is 5.47. The largest absolute Gasteiger partial charge is 0.494 e. The lowest BCUT2D eigenvalue weighted by Gasteiger charge is -2.01. The third-order valence-corrected chi connectivity index (χ3v) is 2.03. The first-order valence-electron chi connectivity index (χ1n) is 3.09. The highest BCUT2D eigenvalue weighted by molar-refractivity contribution is 14.1. The molecule has 0 saturated heterocycles. The van der Waals surface area contributed by atoms with Crippen LogP contribution in [0.5, 0.6) is 5.75 Å². The molecule has 0 bridgehead atoms. The summed E-state index contributed by atoms with van der Waals surface area (Å²) in [4.78, 5) is 14.3. The Balaban J connectivity index is 3.10. The molecule has 1 aromatic heterocycles. The van der Waals surface area contributed by atoms with Crippen molar-refractivity contribution < 1.29 is 14.6 Å². The van der Waals surface area contributed by atoms with Crippen LogP contribution in [0.2, 0.25) is 0 Å². The molecule has 0 aliphatic carbocycles. The van der Waals surface area contributed by atoms with E-state index in [1.54, 1.807) is 6.07 Å². The van der Waals surface area contributed by atoms with Crippen LogP contribution >= 0.6 is 22.6 Å². The van der Waals surface area contributed by atoms with Crippen LogP contribution in [0, 0.1) is 3.70 Å². The van der Waals surface area contributed by atoms with E-state index in [1.807, 2.05) is 22.6 Å². The minimum absolute atomic E-state index is 0.0280. The van der Waals surface area contributed by atoms with E-state index >= 15 is 0 Å². The minimum Gasteiger partial charge on any atom is -0.494 e. The first kappa shape index (κ1) is 9.24. The first-order valence-corrected chi connectivity index (χ1v) is 4.17. The lowest BCUT2D eigenvalue weighted by atomic mass is 10.3. The van der Waals surface area contributed by atoms with Gasteiger partial charge in [-0.15, -0.1) is 0 Å². The number of carbonyl (C=O) groups is 1. The van der Waals surface area contributed by atoms with Crippen LogP contribution in [0.25, 0.3) is 0 Å². The number of carboxylic acid groups (broad SMARTS) is 1. The molecule has 0 unspecified atom stereocenters. The van der Waals surface area contributed by atoms with E-state index in [2.05, 4.69) is 4.98 Å². The normalized spacial score (nSPS) is 9.50. The molecule has 0 atom stereocenters. The molecule has 0 aromatic carbocycles. The Morgan fingerprint density at radius 2 is 2.33 bits per heavy atom. The van der Waals surface area contributed by atoms with Gasteiger partial charge < -0.3 is 9.84 Å². The molecule has 0 radical (unpaired) electrons. The molecule has 1 N–H and O–H groups in total. The quantitative estimate of drug-likeness (QED) is 0.656. The van der Waals surface area contributed by atoms with Gasteiger partial charge in [-0.1, -0.05) is 0 Å². The zero-order chi connectivity index (χ0) is 9.14. The van der Waals surface area contributed by atoms with Gasteiger partial charge in [-0.05, 0) is 34.7 Å². The van der Waals surface area contributed by atoms with E-state index in [1.165, 1.54) is 13.2 Å². The molecule has 0 saturated carbocycles. The molecular weight excluding hydrogens is 273 g/mol. The average molecular weight is 279 g/mol. The summed E-state index contributed by atoms with van der Waals surface area (Å²) in [6, 6.07) is 2.99. The highest BCUT2D eigenvalue weighted by Gasteiger charge is 2.07. The van der Waals surface area contributed by atoms with E-state index in [0.717, 1.165) is 0 Å². The van der Waals surface area contributed by atoms with Crippen LogP contribution in [0.1, 0.15) is 10.5 Å². The number of aromatic nitrogens is 1. The summed E-state index contributed by atoms with van der Waals surface area (Å²) in [6.07, 6.45) is 0. The predicted octanol–water partition coefficient (Wildman–Crippen LogP) is 1.39. The van der Waals surface area contributed by atoms with Gasteiger partial charge in [0.1, 0.15) is 9.39 Å². The average Bonchev–Trinajstić information content (AvgIpc) is 2.04. The van der Waals surface area contributed by atoms with Crippen LogP contribution in [-0.4, -0.2) is 23.2 Å². The van der Waals surface area contributed by atoms with Gasteiger partial charge in [-0.25, -0.2) is 9.78 Å². The van der Waals surface area contributed by atoms with Crippen LogP contribution < -0.4 is 4.74 Å². The highest BCUT2D eigenvalue weighted by atomic mass is 127. The van der Waals surface area contributed by atoms with Crippen molar-refractivity contribution in [1.29, 1.82) is 0 Å². The van der Waals surface area contributed by atoms with Gasteiger partial charge in [-0.2, -0.15) is 0 Å². The van der Waals surface area contributed by atoms with E-state index < -0.39 is 5.97 Å². The summed E-state index contributed by atoms with van der Waals surface area (Å²) in [6.45, 7) is 0. The van der Waals surface area contributed by atoms with Crippen molar-refractivity contribution in [3.63, 3.8) is 0 Å². The fourth-order valence-corrected chi connectivity index (χ4v) is 1.35. The van der Waals surface area contributed by atoms with Crippen LogP contribution in [0.3, 0.4) is 0 Å². The molecular formula is C7H6INO3. The fraction of sp³-hybridized carbons (Fsp3) is 0.143. The van der Waals surface area contributed by atoms with Gasteiger partial charge in [0.2, 0.25) is 0 Å². The molecule has 4 nitrogen and oxygen atoms in total. The molecule has 1 rings (SSSR count). The van der Waals surface area contributed by atoms with Crippen LogP contribution in [0.4, 0.5) is 0 Å². The second-order valence-electron chi connectivity index (χ2n) is 1.99. The van der Waals surface area contributed by atoms with Crippen LogP contribution in [0.15, 0.2) is 12.1 Å². The van der Waals surface area contributed by atoms with Gasteiger partial charge in [0.25, 0.3) is 0 Å². The van der Waals surface area contributed by atoms with Crippen molar-refractivity contribution in [3.8, 4) is 5.75 Å². The Bertz CT molecular complexity index is 314. The Hall–Kier alpha value is -0.850. The van der Waals surface area contributed by atoms with Crippen molar-refractivity contribution in [1.82, 2.24) is 4.98 Å². The zero-order valence-corrected chi connectivity index (χ0v) is 8.40. The number of hydrogen-bond donors (Lipinski definition) is 1. The molecule has 64 valence electrons. The monoisotopic (exact) mass is 279 g/mol. The number of halogens is 1. The Kier molecular flexibility index (Phi) is 2.85. The summed E-state index contributed by atoms with van der Waals surface area (Å²) in [7, 11) is 1.51. The van der Waals surface area contributed by atoms with Crippen molar-refractivity contribution >= 4 is 28.6 Å². The van der Waals surface area contributed by atoms with Crippen molar-refractivity contribution in [2.45, 2.75) is 0 Å². The molecule has 5 heteroatoms. The molecule has 0 aliphatic heterocycles. The van der Waals surface area contributed by atoms with Crippen molar-refractivity contribution in [3.05, 3.63) is 21.5 Å².